The normalized spacial score (nSPS) is 14.7. The van der Waals surface area contributed by atoms with E-state index in [9.17, 15) is 9.59 Å². The molecule has 92 valence electrons. The molecule has 0 aliphatic heterocycles. The molecule has 0 spiro atoms. The molecule has 1 saturated carbocycles. The first-order valence-electron chi connectivity index (χ1n) is 5.70. The van der Waals surface area contributed by atoms with Crippen molar-refractivity contribution < 1.29 is 9.63 Å². The molecule has 1 heterocycles. The molecular formula is C12H16N2O3. The van der Waals surface area contributed by atoms with Gasteiger partial charge < -0.3 is 4.98 Å². The Labute approximate surface area is 99.1 Å². The van der Waals surface area contributed by atoms with Crippen LogP contribution in [0.15, 0.2) is 10.9 Å². The number of aromatic nitrogens is 1. The molecule has 1 fully saturated rings. The van der Waals surface area contributed by atoms with Crippen molar-refractivity contribution in [1.29, 1.82) is 0 Å². The van der Waals surface area contributed by atoms with Crippen LogP contribution >= 0.6 is 0 Å². The van der Waals surface area contributed by atoms with Crippen molar-refractivity contribution in [3.8, 4) is 0 Å². The zero-order chi connectivity index (χ0) is 12.4. The van der Waals surface area contributed by atoms with Crippen LogP contribution in [0, 0.1) is 19.8 Å². The molecule has 2 rings (SSSR count). The van der Waals surface area contributed by atoms with Crippen LogP contribution in [-0.2, 0) is 4.84 Å². The van der Waals surface area contributed by atoms with Crippen molar-refractivity contribution in [2.24, 2.45) is 5.92 Å². The quantitative estimate of drug-likeness (QED) is 0.768. The van der Waals surface area contributed by atoms with Crippen LogP contribution in [0.3, 0.4) is 0 Å². The molecule has 1 aliphatic carbocycles. The molecule has 0 radical (unpaired) electrons. The van der Waals surface area contributed by atoms with Crippen molar-refractivity contribution in [3.63, 3.8) is 0 Å². The third-order valence-corrected chi connectivity index (χ3v) is 2.92. The number of aryl methyl sites for hydroxylation is 2. The largest absolute Gasteiger partial charge is 0.326 e. The van der Waals surface area contributed by atoms with Crippen LogP contribution in [0.1, 0.15) is 34.5 Å². The molecule has 5 heteroatoms. The number of pyridine rings is 1. The van der Waals surface area contributed by atoms with Gasteiger partial charge in [-0.3, -0.25) is 14.4 Å². The van der Waals surface area contributed by atoms with Gasteiger partial charge in [0.1, 0.15) is 5.56 Å². The van der Waals surface area contributed by atoms with Gasteiger partial charge in [-0.05, 0) is 44.2 Å². The summed E-state index contributed by atoms with van der Waals surface area (Å²) in [6.45, 7) is 4.16. The van der Waals surface area contributed by atoms with Crippen molar-refractivity contribution in [3.05, 3.63) is 33.2 Å². The van der Waals surface area contributed by atoms with Gasteiger partial charge in [-0.2, -0.15) is 0 Å². The summed E-state index contributed by atoms with van der Waals surface area (Å²) < 4.78 is 0. The first-order chi connectivity index (χ1) is 8.08. The lowest BCUT2D eigenvalue weighted by Crippen LogP contribution is -2.30. The number of hydrogen-bond acceptors (Lipinski definition) is 3. The standard InChI is InChI=1S/C12H16N2O3/c1-7-5-10(11(15)13-8(7)2)12(16)14-17-6-9-3-4-9/h5,9H,3-4,6H2,1-2H3,(H,13,15)(H,14,16). The lowest BCUT2D eigenvalue weighted by atomic mass is 10.1. The van der Waals surface area contributed by atoms with Crippen LogP contribution < -0.4 is 11.0 Å². The minimum Gasteiger partial charge on any atom is -0.326 e. The summed E-state index contributed by atoms with van der Waals surface area (Å²) in [5, 5.41) is 0. The van der Waals surface area contributed by atoms with Gasteiger partial charge in [0.15, 0.2) is 0 Å². The van der Waals surface area contributed by atoms with Gasteiger partial charge in [0, 0.05) is 5.69 Å². The van der Waals surface area contributed by atoms with Gasteiger partial charge >= 0.3 is 0 Å². The summed E-state index contributed by atoms with van der Waals surface area (Å²) in [5.41, 5.74) is 3.64. The summed E-state index contributed by atoms with van der Waals surface area (Å²) in [7, 11) is 0. The second-order valence-corrected chi connectivity index (χ2v) is 4.51. The van der Waals surface area contributed by atoms with Gasteiger partial charge in [-0.1, -0.05) is 0 Å². The van der Waals surface area contributed by atoms with E-state index in [1.807, 2.05) is 6.92 Å². The zero-order valence-electron chi connectivity index (χ0n) is 10.0. The first-order valence-corrected chi connectivity index (χ1v) is 5.70. The maximum Gasteiger partial charge on any atom is 0.280 e. The molecule has 5 nitrogen and oxygen atoms in total. The van der Waals surface area contributed by atoms with Gasteiger partial charge in [-0.15, -0.1) is 0 Å². The molecule has 1 aromatic rings. The fourth-order valence-electron chi connectivity index (χ4n) is 1.46. The van der Waals surface area contributed by atoms with E-state index in [-0.39, 0.29) is 11.1 Å². The minimum absolute atomic E-state index is 0.0869. The van der Waals surface area contributed by atoms with Crippen LogP contribution in [0.25, 0.3) is 0 Å². The predicted molar refractivity (Wildman–Crippen MR) is 62.7 cm³/mol. The Morgan fingerprint density at radius 1 is 1.53 bits per heavy atom. The highest BCUT2D eigenvalue weighted by atomic mass is 16.7. The van der Waals surface area contributed by atoms with Crippen molar-refractivity contribution in [2.45, 2.75) is 26.7 Å². The zero-order valence-corrected chi connectivity index (χ0v) is 10.0. The number of hydroxylamine groups is 1. The van der Waals surface area contributed by atoms with E-state index in [4.69, 9.17) is 4.84 Å². The molecule has 0 saturated heterocycles. The van der Waals surface area contributed by atoms with Crippen molar-refractivity contribution in [1.82, 2.24) is 10.5 Å². The van der Waals surface area contributed by atoms with Crippen LogP contribution in [-0.4, -0.2) is 17.5 Å². The Morgan fingerprint density at radius 3 is 2.88 bits per heavy atom. The number of H-pyrrole nitrogens is 1. The molecule has 2 N–H and O–H groups in total. The number of rotatable bonds is 4. The molecule has 0 unspecified atom stereocenters. The van der Waals surface area contributed by atoms with Gasteiger partial charge in [0.05, 0.1) is 6.61 Å². The van der Waals surface area contributed by atoms with Crippen LogP contribution in [0.2, 0.25) is 0 Å². The Kier molecular flexibility index (Phi) is 3.28. The molecule has 17 heavy (non-hydrogen) atoms. The molecule has 0 atom stereocenters. The highest BCUT2D eigenvalue weighted by Gasteiger charge is 2.22. The summed E-state index contributed by atoms with van der Waals surface area (Å²) in [4.78, 5) is 30.9. The van der Waals surface area contributed by atoms with Crippen LogP contribution in [0.4, 0.5) is 0 Å². The summed E-state index contributed by atoms with van der Waals surface area (Å²) in [5.74, 6) is 0.0725. The van der Waals surface area contributed by atoms with E-state index in [1.54, 1.807) is 13.0 Å². The molecule has 1 aliphatic rings. The maximum absolute atomic E-state index is 11.7. The summed E-state index contributed by atoms with van der Waals surface area (Å²) >= 11 is 0. The monoisotopic (exact) mass is 236 g/mol. The number of amides is 1. The Morgan fingerprint density at radius 2 is 2.24 bits per heavy atom. The summed E-state index contributed by atoms with van der Waals surface area (Å²) in [6.07, 6.45) is 2.31. The molecular weight excluding hydrogens is 220 g/mol. The number of carbonyl (C=O) groups is 1. The Hall–Kier alpha value is -1.62. The fourth-order valence-corrected chi connectivity index (χ4v) is 1.46. The Balaban J connectivity index is 2.02. The number of nitrogens with one attached hydrogen (secondary N) is 2. The smallest absolute Gasteiger partial charge is 0.280 e. The second-order valence-electron chi connectivity index (χ2n) is 4.51. The first kappa shape index (κ1) is 11.9. The molecule has 0 bridgehead atoms. The molecule has 1 aromatic heterocycles. The average molecular weight is 236 g/mol. The number of aromatic amines is 1. The lowest BCUT2D eigenvalue weighted by molar-refractivity contribution is 0.0269. The number of hydrogen-bond donors (Lipinski definition) is 2. The molecule has 0 aromatic carbocycles. The van der Waals surface area contributed by atoms with E-state index in [0.29, 0.717) is 12.5 Å². The highest BCUT2D eigenvalue weighted by molar-refractivity contribution is 5.93. The van der Waals surface area contributed by atoms with E-state index in [0.717, 1.165) is 24.1 Å². The fraction of sp³-hybridized carbons (Fsp3) is 0.500. The van der Waals surface area contributed by atoms with Crippen molar-refractivity contribution >= 4 is 5.91 Å². The number of carbonyl (C=O) groups excluding carboxylic acids is 1. The highest BCUT2D eigenvalue weighted by Crippen LogP contribution is 2.28. The van der Waals surface area contributed by atoms with E-state index < -0.39 is 5.91 Å². The van der Waals surface area contributed by atoms with Gasteiger partial charge in [0.2, 0.25) is 0 Å². The van der Waals surface area contributed by atoms with Gasteiger partial charge in [-0.25, -0.2) is 5.48 Å². The van der Waals surface area contributed by atoms with Crippen LogP contribution in [0.5, 0.6) is 0 Å². The SMILES string of the molecule is Cc1cc(C(=O)NOCC2CC2)c(=O)[nH]c1C. The van der Waals surface area contributed by atoms with E-state index >= 15 is 0 Å². The maximum atomic E-state index is 11.7. The predicted octanol–water partition coefficient (Wildman–Crippen LogP) is 1.06. The minimum atomic E-state index is -0.491. The average Bonchev–Trinajstić information content (AvgIpc) is 3.07. The second kappa shape index (κ2) is 4.71. The topological polar surface area (TPSA) is 71.2 Å². The van der Waals surface area contributed by atoms with E-state index in [1.165, 1.54) is 0 Å². The summed E-state index contributed by atoms with van der Waals surface area (Å²) in [6, 6.07) is 1.57. The molecule has 1 amide bonds. The third kappa shape index (κ3) is 2.94. The van der Waals surface area contributed by atoms with Gasteiger partial charge in [0.25, 0.3) is 11.5 Å². The van der Waals surface area contributed by atoms with Crippen molar-refractivity contribution in [2.75, 3.05) is 6.61 Å². The Bertz CT molecular complexity index is 489. The lowest BCUT2D eigenvalue weighted by Gasteiger charge is -2.06. The third-order valence-electron chi connectivity index (χ3n) is 2.92. The van der Waals surface area contributed by atoms with E-state index in [2.05, 4.69) is 10.5 Å².